The average molecular weight is 708 g/mol. The second-order valence-corrected chi connectivity index (χ2v) is 14.2. The van der Waals surface area contributed by atoms with Crippen molar-refractivity contribution in [2.45, 2.75) is 200 Å². The number of aliphatic hydroxyl groups excluding tert-OH is 2. The van der Waals surface area contributed by atoms with E-state index in [1.165, 1.54) is 116 Å². The maximum Gasteiger partial charge on any atom is 0.305 e. The number of nitrogens with zero attached hydrogens (tertiary/aromatic N) is 1. The summed E-state index contributed by atoms with van der Waals surface area (Å²) in [6.07, 6.45) is 41.0. The van der Waals surface area contributed by atoms with Crippen LogP contribution in [0.1, 0.15) is 194 Å². The highest BCUT2D eigenvalue weighted by Crippen LogP contribution is 2.12. The zero-order valence-electron chi connectivity index (χ0n) is 32.9. The Morgan fingerprint density at radius 3 is 1.18 bits per heavy atom. The van der Waals surface area contributed by atoms with Crippen LogP contribution in [0, 0.1) is 0 Å². The molecule has 0 spiro atoms. The molecule has 0 aromatic heterocycles. The van der Waals surface area contributed by atoms with Crippen molar-refractivity contribution < 1.29 is 29.3 Å². The summed E-state index contributed by atoms with van der Waals surface area (Å²) in [5.74, 6) is -0.395. The van der Waals surface area contributed by atoms with E-state index < -0.39 is 6.10 Å². The number of ether oxygens (including phenoxy) is 2. The Kier molecular flexibility index (Phi) is 38.7. The Bertz CT molecular complexity index is 727. The maximum atomic E-state index is 12.2. The molecule has 0 aromatic rings. The van der Waals surface area contributed by atoms with Gasteiger partial charge in [-0.3, -0.25) is 14.5 Å². The van der Waals surface area contributed by atoms with E-state index in [4.69, 9.17) is 9.47 Å². The molecule has 50 heavy (non-hydrogen) atoms. The molecule has 0 aliphatic rings. The predicted octanol–water partition coefficient (Wildman–Crippen LogP) is 10.8. The van der Waals surface area contributed by atoms with Crippen molar-refractivity contribution in [2.24, 2.45) is 0 Å². The molecule has 1 atom stereocenters. The van der Waals surface area contributed by atoms with E-state index >= 15 is 0 Å². The van der Waals surface area contributed by atoms with Gasteiger partial charge in [0.15, 0.2) is 0 Å². The van der Waals surface area contributed by atoms with Gasteiger partial charge in [-0.2, -0.15) is 0 Å². The number of unbranched alkanes of at least 4 members (excludes halogenated alkanes) is 22. The molecule has 0 saturated carbocycles. The third-order valence-corrected chi connectivity index (χ3v) is 9.31. The minimum Gasteiger partial charge on any atom is -0.464 e. The molecule has 0 aromatic carbocycles. The van der Waals surface area contributed by atoms with Gasteiger partial charge in [-0.1, -0.05) is 141 Å². The fourth-order valence-electron chi connectivity index (χ4n) is 6.05. The van der Waals surface area contributed by atoms with Gasteiger partial charge in [-0.05, 0) is 64.2 Å². The molecule has 0 fully saturated rings. The number of aliphatic hydroxyl groups is 2. The number of hydrogen-bond donors (Lipinski definition) is 2. The van der Waals surface area contributed by atoms with E-state index in [0.29, 0.717) is 25.9 Å². The van der Waals surface area contributed by atoms with Crippen LogP contribution in [0.5, 0.6) is 0 Å². The monoisotopic (exact) mass is 708 g/mol. The lowest BCUT2D eigenvalue weighted by molar-refractivity contribution is -0.144. The Morgan fingerprint density at radius 1 is 0.520 bits per heavy atom. The van der Waals surface area contributed by atoms with Crippen LogP contribution >= 0.6 is 0 Å². The van der Waals surface area contributed by atoms with Gasteiger partial charge in [0.05, 0.1) is 12.7 Å². The highest BCUT2D eigenvalue weighted by atomic mass is 16.5. The molecule has 0 amide bonds. The third kappa shape index (κ3) is 37.6. The van der Waals surface area contributed by atoms with Gasteiger partial charge in [0.25, 0.3) is 0 Å². The molecule has 0 heterocycles. The summed E-state index contributed by atoms with van der Waals surface area (Å²) < 4.78 is 10.9. The van der Waals surface area contributed by atoms with Gasteiger partial charge >= 0.3 is 11.9 Å². The van der Waals surface area contributed by atoms with E-state index in [-0.39, 0.29) is 38.3 Å². The van der Waals surface area contributed by atoms with Crippen LogP contribution in [0.4, 0.5) is 0 Å². The molecule has 0 radical (unpaired) electrons. The fraction of sp³-hybridized carbons (Fsp3) is 0.860. The fourth-order valence-corrected chi connectivity index (χ4v) is 6.05. The summed E-state index contributed by atoms with van der Waals surface area (Å²) in [7, 11) is 0. The molecule has 0 aliphatic carbocycles. The summed E-state index contributed by atoms with van der Waals surface area (Å²) in [6.45, 7) is 5.66. The Balaban J connectivity index is 3.82. The summed E-state index contributed by atoms with van der Waals surface area (Å²) in [6, 6.07) is 0. The largest absolute Gasteiger partial charge is 0.464 e. The normalized spacial score (nSPS) is 12.4. The Labute approximate surface area is 309 Å². The van der Waals surface area contributed by atoms with E-state index in [0.717, 1.165) is 51.4 Å². The van der Waals surface area contributed by atoms with Crippen LogP contribution in [0.25, 0.3) is 0 Å². The topological polar surface area (TPSA) is 96.3 Å². The van der Waals surface area contributed by atoms with Gasteiger partial charge in [0.2, 0.25) is 0 Å². The zero-order valence-corrected chi connectivity index (χ0v) is 32.9. The van der Waals surface area contributed by atoms with Crippen LogP contribution in [0.15, 0.2) is 24.3 Å². The van der Waals surface area contributed by atoms with Gasteiger partial charge in [-0.25, -0.2) is 0 Å². The molecule has 7 nitrogen and oxygen atoms in total. The number of carbonyl (C=O) groups excluding carboxylic acids is 2. The van der Waals surface area contributed by atoms with Crippen molar-refractivity contribution in [3.8, 4) is 0 Å². The summed E-state index contributed by atoms with van der Waals surface area (Å²) in [5.41, 5.74) is 0. The van der Waals surface area contributed by atoms with Crippen LogP contribution < -0.4 is 0 Å². The lowest BCUT2D eigenvalue weighted by atomic mass is 10.1. The molecule has 294 valence electrons. The molecule has 7 heteroatoms. The average Bonchev–Trinajstić information content (AvgIpc) is 3.11. The lowest BCUT2D eigenvalue weighted by Gasteiger charge is -2.24. The lowest BCUT2D eigenvalue weighted by Crippen LogP contribution is -2.39. The second kappa shape index (κ2) is 40.1. The summed E-state index contributed by atoms with van der Waals surface area (Å²) >= 11 is 0. The smallest absolute Gasteiger partial charge is 0.305 e. The number of esters is 2. The first-order valence-corrected chi connectivity index (χ1v) is 21.2. The zero-order chi connectivity index (χ0) is 36.6. The highest BCUT2D eigenvalue weighted by Gasteiger charge is 2.13. The minimum absolute atomic E-state index is 0.198. The number of allylic oxidation sites excluding steroid dienone is 4. The SMILES string of the molecule is CCCCCCCC/C=C\CCCCCCCC(=O)OCCN(CCOC(=O)CCCCCCC/C=C\CCCCCCCC)C[C@@H](O)CO. The molecule has 2 N–H and O–H groups in total. The van der Waals surface area contributed by atoms with Crippen LogP contribution in [0.2, 0.25) is 0 Å². The van der Waals surface area contributed by atoms with Crippen LogP contribution in [-0.2, 0) is 19.1 Å². The molecule has 0 unspecified atom stereocenters. The van der Waals surface area contributed by atoms with E-state index in [2.05, 4.69) is 38.2 Å². The third-order valence-electron chi connectivity index (χ3n) is 9.31. The Hall–Kier alpha value is -1.70. The van der Waals surface area contributed by atoms with Gasteiger partial charge in [0.1, 0.15) is 13.2 Å². The van der Waals surface area contributed by atoms with Crippen molar-refractivity contribution in [1.29, 1.82) is 0 Å². The van der Waals surface area contributed by atoms with Crippen LogP contribution in [-0.4, -0.2) is 72.6 Å². The van der Waals surface area contributed by atoms with Crippen LogP contribution in [0.3, 0.4) is 0 Å². The second-order valence-electron chi connectivity index (χ2n) is 14.2. The molecular formula is C43H81NO6. The molecule has 0 bridgehead atoms. The standard InChI is InChI=1S/C43H81NO6/c1-3-5-7-9-11-13-15-17-19-21-23-25-27-29-31-33-42(47)49-37-35-44(39-41(46)40-45)36-38-50-43(48)34-32-30-28-26-24-22-20-18-16-14-12-10-8-6-4-2/h17-20,41,45-46H,3-16,21-40H2,1-2H3/b19-17-,20-18-/t41-/m1/s1. The summed E-state index contributed by atoms with van der Waals surface area (Å²) in [5, 5.41) is 19.2. The van der Waals surface area contributed by atoms with Crippen molar-refractivity contribution in [2.75, 3.05) is 39.5 Å². The first-order chi connectivity index (χ1) is 24.5. The highest BCUT2D eigenvalue weighted by molar-refractivity contribution is 5.69. The van der Waals surface area contributed by atoms with Gasteiger partial charge in [0, 0.05) is 32.5 Å². The van der Waals surface area contributed by atoms with Crippen molar-refractivity contribution in [1.82, 2.24) is 4.90 Å². The first-order valence-electron chi connectivity index (χ1n) is 21.2. The Morgan fingerprint density at radius 2 is 0.840 bits per heavy atom. The molecule has 0 rings (SSSR count). The van der Waals surface area contributed by atoms with Gasteiger partial charge in [-0.15, -0.1) is 0 Å². The van der Waals surface area contributed by atoms with E-state index in [1.807, 2.05) is 4.90 Å². The van der Waals surface area contributed by atoms with E-state index in [1.54, 1.807) is 0 Å². The molecule has 0 saturated heterocycles. The maximum absolute atomic E-state index is 12.2. The number of hydrogen-bond acceptors (Lipinski definition) is 7. The molecule has 0 aliphatic heterocycles. The quantitative estimate of drug-likeness (QED) is 0.0373. The van der Waals surface area contributed by atoms with Crippen molar-refractivity contribution in [3.05, 3.63) is 24.3 Å². The number of carbonyl (C=O) groups is 2. The minimum atomic E-state index is -0.895. The van der Waals surface area contributed by atoms with Crippen molar-refractivity contribution in [3.63, 3.8) is 0 Å². The summed E-state index contributed by atoms with van der Waals surface area (Å²) in [4.78, 5) is 26.3. The number of rotatable bonds is 39. The molecular weight excluding hydrogens is 626 g/mol. The van der Waals surface area contributed by atoms with E-state index in [9.17, 15) is 19.8 Å². The first kappa shape index (κ1) is 48.3. The predicted molar refractivity (Wildman–Crippen MR) is 210 cm³/mol. The van der Waals surface area contributed by atoms with Crippen molar-refractivity contribution >= 4 is 11.9 Å². The van der Waals surface area contributed by atoms with Gasteiger partial charge < -0.3 is 19.7 Å².